The van der Waals surface area contributed by atoms with Crippen molar-refractivity contribution in [3.63, 3.8) is 0 Å². The summed E-state index contributed by atoms with van der Waals surface area (Å²) in [5.41, 5.74) is 1.30. The lowest BCUT2D eigenvalue weighted by Crippen LogP contribution is -2.20. The zero-order valence-corrected chi connectivity index (χ0v) is 14.5. The van der Waals surface area contributed by atoms with Gasteiger partial charge in [0.15, 0.2) is 6.61 Å². The van der Waals surface area contributed by atoms with Crippen LogP contribution in [0.4, 0.5) is 16.2 Å². The fourth-order valence-electron chi connectivity index (χ4n) is 1.68. The van der Waals surface area contributed by atoms with Gasteiger partial charge in [-0.05, 0) is 71.1 Å². The van der Waals surface area contributed by atoms with Gasteiger partial charge in [0.05, 0.1) is 7.11 Å². The molecule has 0 radical (unpaired) electrons. The maximum Gasteiger partial charge on any atom is 0.411 e. The molecule has 2 rings (SSSR count). The molecule has 0 aliphatic carbocycles. The van der Waals surface area contributed by atoms with Crippen LogP contribution in [0.5, 0.6) is 5.75 Å². The Morgan fingerprint density at radius 3 is 2.13 bits per heavy atom. The number of carbonyl (C=O) groups is 2. The Kier molecular flexibility index (Phi) is 6.21. The van der Waals surface area contributed by atoms with Crippen molar-refractivity contribution in [2.24, 2.45) is 0 Å². The molecule has 0 fully saturated rings. The monoisotopic (exact) mass is 426 g/mol. The second-order valence-corrected chi connectivity index (χ2v) is 5.73. The van der Waals surface area contributed by atoms with E-state index in [1.165, 1.54) is 7.11 Å². The third-order valence-corrected chi connectivity index (χ3v) is 3.50. The predicted molar refractivity (Wildman–Crippen MR) is 95.8 cm³/mol. The predicted octanol–water partition coefficient (Wildman–Crippen LogP) is 3.49. The maximum atomic E-state index is 11.8. The van der Waals surface area contributed by atoms with E-state index in [2.05, 4.69) is 38.0 Å². The average molecular weight is 426 g/mol. The first kappa shape index (κ1) is 17.1. The van der Waals surface area contributed by atoms with Gasteiger partial charge in [-0.15, -0.1) is 0 Å². The fraction of sp³-hybridized carbons (Fsp3) is 0.125. The van der Waals surface area contributed by atoms with Crippen molar-refractivity contribution in [2.75, 3.05) is 24.4 Å². The fourth-order valence-corrected chi connectivity index (χ4v) is 2.04. The van der Waals surface area contributed by atoms with Gasteiger partial charge in [-0.2, -0.15) is 0 Å². The van der Waals surface area contributed by atoms with E-state index in [9.17, 15) is 9.59 Å². The first-order valence-electron chi connectivity index (χ1n) is 6.70. The molecule has 0 saturated heterocycles. The lowest BCUT2D eigenvalue weighted by atomic mass is 10.3. The molecule has 0 saturated carbocycles. The number of carbonyl (C=O) groups excluding carboxylic acids is 2. The minimum absolute atomic E-state index is 0.101. The summed E-state index contributed by atoms with van der Waals surface area (Å²) < 4.78 is 11.0. The zero-order valence-electron chi connectivity index (χ0n) is 12.3. The number of benzene rings is 2. The van der Waals surface area contributed by atoms with Crippen LogP contribution in [-0.2, 0) is 9.53 Å². The number of ether oxygens (including phenoxy) is 2. The molecule has 0 aromatic heterocycles. The molecule has 0 atom stereocenters. The van der Waals surface area contributed by atoms with Gasteiger partial charge in [0.25, 0.3) is 5.91 Å². The van der Waals surface area contributed by atoms with E-state index in [0.717, 1.165) is 9.26 Å². The number of hydrogen-bond acceptors (Lipinski definition) is 4. The molecule has 0 bridgehead atoms. The third-order valence-electron chi connectivity index (χ3n) is 2.78. The van der Waals surface area contributed by atoms with Crippen molar-refractivity contribution < 1.29 is 19.1 Å². The van der Waals surface area contributed by atoms with Crippen molar-refractivity contribution in [1.29, 1.82) is 0 Å². The van der Waals surface area contributed by atoms with E-state index in [-0.39, 0.29) is 12.5 Å². The molecule has 0 heterocycles. The molecule has 0 aliphatic rings. The van der Waals surface area contributed by atoms with Gasteiger partial charge in [0, 0.05) is 14.9 Å². The molecule has 6 nitrogen and oxygen atoms in total. The molecular formula is C16H15IN2O4. The summed E-state index contributed by atoms with van der Waals surface area (Å²) in [4.78, 5) is 22.9. The van der Waals surface area contributed by atoms with Crippen molar-refractivity contribution in [3.8, 4) is 5.75 Å². The highest BCUT2D eigenvalue weighted by molar-refractivity contribution is 14.1. The summed E-state index contributed by atoms with van der Waals surface area (Å²) in [5.74, 6) is 0.279. The van der Waals surface area contributed by atoms with Crippen LogP contribution in [0.15, 0.2) is 48.5 Å². The van der Waals surface area contributed by atoms with Crippen LogP contribution in [0.3, 0.4) is 0 Å². The van der Waals surface area contributed by atoms with Crippen molar-refractivity contribution in [1.82, 2.24) is 0 Å². The van der Waals surface area contributed by atoms with Gasteiger partial charge in [-0.1, -0.05) is 0 Å². The number of hydrogen-bond donors (Lipinski definition) is 2. The van der Waals surface area contributed by atoms with Gasteiger partial charge in [-0.3, -0.25) is 10.1 Å². The van der Waals surface area contributed by atoms with Gasteiger partial charge < -0.3 is 14.8 Å². The molecule has 7 heteroatoms. The first-order chi connectivity index (χ1) is 11.1. The highest BCUT2D eigenvalue weighted by atomic mass is 127. The second kappa shape index (κ2) is 8.37. The molecule has 0 unspecified atom stereocenters. The van der Waals surface area contributed by atoms with E-state index >= 15 is 0 Å². The summed E-state index contributed by atoms with van der Waals surface area (Å²) >= 11 is 2.20. The lowest BCUT2D eigenvalue weighted by Gasteiger charge is -2.08. The van der Waals surface area contributed by atoms with E-state index in [1.54, 1.807) is 24.3 Å². The number of anilines is 2. The number of methoxy groups -OCH3 is 1. The Balaban J connectivity index is 1.82. The second-order valence-electron chi connectivity index (χ2n) is 4.48. The average Bonchev–Trinajstić information content (AvgIpc) is 2.56. The largest absolute Gasteiger partial charge is 0.484 e. The maximum absolute atomic E-state index is 11.8. The lowest BCUT2D eigenvalue weighted by molar-refractivity contribution is -0.118. The van der Waals surface area contributed by atoms with Crippen LogP contribution in [0.1, 0.15) is 0 Å². The van der Waals surface area contributed by atoms with E-state index in [1.807, 2.05) is 24.3 Å². The minimum atomic E-state index is -0.546. The summed E-state index contributed by atoms with van der Waals surface area (Å²) in [5, 5.41) is 5.27. The molecule has 0 spiro atoms. The van der Waals surface area contributed by atoms with Gasteiger partial charge in [0.2, 0.25) is 0 Å². The van der Waals surface area contributed by atoms with Crippen molar-refractivity contribution in [2.45, 2.75) is 0 Å². The number of rotatable bonds is 5. The normalized spacial score (nSPS) is 9.83. The molecule has 2 amide bonds. The Labute approximate surface area is 147 Å². The number of halogens is 1. The number of amides is 2. The van der Waals surface area contributed by atoms with E-state index in [4.69, 9.17) is 4.74 Å². The van der Waals surface area contributed by atoms with Crippen LogP contribution in [0.25, 0.3) is 0 Å². The van der Waals surface area contributed by atoms with Crippen LogP contribution in [-0.4, -0.2) is 25.7 Å². The van der Waals surface area contributed by atoms with Gasteiger partial charge >= 0.3 is 6.09 Å². The highest BCUT2D eigenvalue weighted by Gasteiger charge is 2.05. The summed E-state index contributed by atoms with van der Waals surface area (Å²) in [7, 11) is 1.29. The Morgan fingerprint density at radius 1 is 0.957 bits per heavy atom. The zero-order chi connectivity index (χ0) is 16.7. The molecule has 23 heavy (non-hydrogen) atoms. The Morgan fingerprint density at radius 2 is 1.52 bits per heavy atom. The van der Waals surface area contributed by atoms with E-state index in [0.29, 0.717) is 11.4 Å². The Bertz CT molecular complexity index is 671. The summed E-state index contributed by atoms with van der Waals surface area (Å²) in [6, 6.07) is 14.1. The van der Waals surface area contributed by atoms with Crippen molar-refractivity contribution >= 4 is 46.0 Å². The molecule has 2 aromatic carbocycles. The third kappa shape index (κ3) is 5.78. The topological polar surface area (TPSA) is 76.7 Å². The van der Waals surface area contributed by atoms with Crippen LogP contribution in [0, 0.1) is 3.57 Å². The number of nitrogens with one attached hydrogen (secondary N) is 2. The summed E-state index contributed by atoms with van der Waals surface area (Å²) in [6.45, 7) is -0.101. The molecular weight excluding hydrogens is 411 g/mol. The molecule has 0 aliphatic heterocycles. The SMILES string of the molecule is COC(=O)Nc1ccc(OCC(=O)Nc2ccc(I)cc2)cc1. The quantitative estimate of drug-likeness (QED) is 0.718. The minimum Gasteiger partial charge on any atom is -0.484 e. The van der Waals surface area contributed by atoms with Crippen LogP contribution in [0.2, 0.25) is 0 Å². The van der Waals surface area contributed by atoms with Crippen LogP contribution < -0.4 is 15.4 Å². The standard InChI is InChI=1S/C16H15IN2O4/c1-22-16(21)19-13-6-8-14(9-7-13)23-10-15(20)18-12-4-2-11(17)3-5-12/h2-9H,10H2,1H3,(H,18,20)(H,19,21). The van der Waals surface area contributed by atoms with E-state index < -0.39 is 6.09 Å². The first-order valence-corrected chi connectivity index (χ1v) is 7.78. The smallest absolute Gasteiger partial charge is 0.411 e. The van der Waals surface area contributed by atoms with Gasteiger partial charge in [-0.25, -0.2) is 4.79 Å². The van der Waals surface area contributed by atoms with Crippen molar-refractivity contribution in [3.05, 3.63) is 52.1 Å². The van der Waals surface area contributed by atoms with Gasteiger partial charge in [0.1, 0.15) is 5.75 Å². The molecule has 2 N–H and O–H groups in total. The summed E-state index contributed by atoms with van der Waals surface area (Å²) in [6.07, 6.45) is -0.546. The van der Waals surface area contributed by atoms with Crippen LogP contribution >= 0.6 is 22.6 Å². The molecule has 2 aromatic rings. The Hall–Kier alpha value is -2.29. The highest BCUT2D eigenvalue weighted by Crippen LogP contribution is 2.16. The molecule has 120 valence electrons.